The molecule has 1 N–H and O–H groups in total. The van der Waals surface area contributed by atoms with E-state index in [1.807, 2.05) is 36.6 Å². The number of pyridine rings is 1. The monoisotopic (exact) mass is 240 g/mol. The molecule has 0 fully saturated rings. The van der Waals surface area contributed by atoms with Gasteiger partial charge in [-0.25, -0.2) is 9.78 Å². The van der Waals surface area contributed by atoms with Crippen molar-refractivity contribution in [2.24, 2.45) is 0 Å². The second-order valence-electron chi connectivity index (χ2n) is 4.47. The van der Waals surface area contributed by atoms with E-state index in [-0.39, 0.29) is 0 Å². The molecule has 0 saturated heterocycles. The second kappa shape index (κ2) is 3.57. The second-order valence-corrected chi connectivity index (χ2v) is 4.47. The van der Waals surface area contributed by atoms with Gasteiger partial charge in [0, 0.05) is 11.6 Å². The molecule has 2 aromatic heterocycles. The number of nitrogens with zero attached hydrogens (tertiary/aromatic N) is 2. The van der Waals surface area contributed by atoms with E-state index in [0.29, 0.717) is 5.56 Å². The Morgan fingerprint density at radius 3 is 2.78 bits per heavy atom. The van der Waals surface area contributed by atoms with Crippen molar-refractivity contribution in [2.75, 3.05) is 0 Å². The minimum Gasteiger partial charge on any atom is -0.478 e. The van der Waals surface area contributed by atoms with Crippen molar-refractivity contribution >= 4 is 22.5 Å². The molecule has 2 heterocycles. The van der Waals surface area contributed by atoms with Gasteiger partial charge in [0.2, 0.25) is 0 Å². The summed E-state index contributed by atoms with van der Waals surface area (Å²) >= 11 is 0. The average Bonchev–Trinajstić information content (AvgIpc) is 2.69. The predicted molar refractivity (Wildman–Crippen MR) is 69.1 cm³/mol. The molecular weight excluding hydrogens is 228 g/mol. The van der Waals surface area contributed by atoms with Gasteiger partial charge in [-0.3, -0.25) is 4.40 Å². The molecule has 90 valence electrons. The number of benzene rings is 1. The van der Waals surface area contributed by atoms with Crippen LogP contribution in [0.3, 0.4) is 0 Å². The third kappa shape index (κ3) is 1.46. The number of carbonyl (C=O) groups is 1. The molecule has 3 rings (SSSR count). The maximum atomic E-state index is 11.0. The average molecular weight is 240 g/mol. The Labute approximate surface area is 104 Å². The van der Waals surface area contributed by atoms with Crippen LogP contribution in [0.1, 0.15) is 21.6 Å². The van der Waals surface area contributed by atoms with Crippen LogP contribution in [0, 0.1) is 13.8 Å². The smallest absolute Gasteiger partial charge is 0.335 e. The number of carboxylic acids is 1. The first-order valence-electron chi connectivity index (χ1n) is 5.68. The number of imidazole rings is 1. The fourth-order valence-electron chi connectivity index (χ4n) is 2.28. The molecule has 4 nitrogen and oxygen atoms in total. The highest BCUT2D eigenvalue weighted by molar-refractivity contribution is 5.95. The summed E-state index contributed by atoms with van der Waals surface area (Å²) < 4.78 is 1.99. The Morgan fingerprint density at radius 2 is 2.06 bits per heavy atom. The zero-order valence-electron chi connectivity index (χ0n) is 10.1. The van der Waals surface area contributed by atoms with Gasteiger partial charge in [0.25, 0.3) is 0 Å². The van der Waals surface area contributed by atoms with Crippen LogP contribution < -0.4 is 0 Å². The summed E-state index contributed by atoms with van der Waals surface area (Å²) in [5, 5.41) is 9.98. The number of hydrogen-bond acceptors (Lipinski definition) is 2. The molecule has 0 bridgehead atoms. The van der Waals surface area contributed by atoms with Crippen LogP contribution in [0.2, 0.25) is 0 Å². The van der Waals surface area contributed by atoms with Crippen LogP contribution in [0.15, 0.2) is 30.5 Å². The van der Waals surface area contributed by atoms with E-state index in [0.717, 1.165) is 27.8 Å². The first-order chi connectivity index (χ1) is 8.56. The van der Waals surface area contributed by atoms with Gasteiger partial charge in [-0.2, -0.15) is 0 Å². The fourth-order valence-corrected chi connectivity index (χ4v) is 2.28. The highest BCUT2D eigenvalue weighted by Crippen LogP contribution is 2.23. The van der Waals surface area contributed by atoms with Gasteiger partial charge in [-0.1, -0.05) is 0 Å². The van der Waals surface area contributed by atoms with Crippen molar-refractivity contribution in [1.82, 2.24) is 9.38 Å². The summed E-state index contributed by atoms with van der Waals surface area (Å²) in [5.41, 5.74) is 4.16. The maximum absolute atomic E-state index is 11.0. The Hall–Kier alpha value is -2.36. The Balaban J connectivity index is 2.46. The van der Waals surface area contributed by atoms with E-state index in [4.69, 9.17) is 5.11 Å². The number of aromatic nitrogens is 2. The molecule has 4 heteroatoms. The molecule has 1 aromatic carbocycles. The highest BCUT2D eigenvalue weighted by Gasteiger charge is 2.09. The number of hydrogen-bond donors (Lipinski definition) is 1. The van der Waals surface area contributed by atoms with Crippen LogP contribution in [0.25, 0.3) is 16.6 Å². The zero-order valence-corrected chi connectivity index (χ0v) is 10.1. The summed E-state index contributed by atoms with van der Waals surface area (Å²) in [5.74, 6) is -0.904. The number of fused-ring (bicyclic) bond motifs is 3. The van der Waals surface area contributed by atoms with Gasteiger partial charge in [0.15, 0.2) is 0 Å². The standard InChI is InChI=1S/C14H12N2O2/c1-8-5-13-15-9(2)7-16(13)12-4-3-10(14(17)18)6-11(8)12/h3-7H,1-2H3,(H,17,18). The van der Waals surface area contributed by atoms with E-state index in [1.165, 1.54) is 0 Å². The quantitative estimate of drug-likeness (QED) is 0.711. The molecule has 18 heavy (non-hydrogen) atoms. The van der Waals surface area contributed by atoms with Gasteiger partial charge < -0.3 is 5.11 Å². The van der Waals surface area contributed by atoms with Crippen LogP contribution in [0.5, 0.6) is 0 Å². The molecule has 0 radical (unpaired) electrons. The van der Waals surface area contributed by atoms with Crippen molar-refractivity contribution in [2.45, 2.75) is 13.8 Å². The first-order valence-corrected chi connectivity index (χ1v) is 5.68. The summed E-state index contributed by atoms with van der Waals surface area (Å²) in [7, 11) is 0. The minimum absolute atomic E-state index is 0.307. The third-order valence-corrected chi connectivity index (χ3v) is 3.13. The summed E-state index contributed by atoms with van der Waals surface area (Å²) in [6.45, 7) is 3.91. The van der Waals surface area contributed by atoms with E-state index in [1.54, 1.807) is 12.1 Å². The number of aromatic carboxylic acids is 1. The van der Waals surface area contributed by atoms with Gasteiger partial charge in [0.1, 0.15) is 5.65 Å². The van der Waals surface area contributed by atoms with Gasteiger partial charge in [0.05, 0.1) is 16.8 Å². The Morgan fingerprint density at radius 1 is 1.28 bits per heavy atom. The lowest BCUT2D eigenvalue weighted by molar-refractivity contribution is 0.0697. The molecule has 0 atom stereocenters. The van der Waals surface area contributed by atoms with E-state index in [9.17, 15) is 4.79 Å². The van der Waals surface area contributed by atoms with Gasteiger partial charge in [-0.15, -0.1) is 0 Å². The highest BCUT2D eigenvalue weighted by atomic mass is 16.4. The topological polar surface area (TPSA) is 54.6 Å². The molecule has 0 aliphatic rings. The van der Waals surface area contributed by atoms with Crippen molar-refractivity contribution in [3.8, 4) is 0 Å². The van der Waals surface area contributed by atoms with Crippen LogP contribution in [-0.4, -0.2) is 20.5 Å². The lowest BCUT2D eigenvalue weighted by Gasteiger charge is -2.06. The van der Waals surface area contributed by atoms with Crippen LogP contribution in [0.4, 0.5) is 0 Å². The molecule has 0 saturated carbocycles. The van der Waals surface area contributed by atoms with Crippen molar-refractivity contribution in [3.63, 3.8) is 0 Å². The van der Waals surface area contributed by atoms with Crippen molar-refractivity contribution in [1.29, 1.82) is 0 Å². The van der Waals surface area contributed by atoms with Crippen LogP contribution >= 0.6 is 0 Å². The number of aryl methyl sites for hydroxylation is 2. The first kappa shape index (κ1) is 10.8. The van der Waals surface area contributed by atoms with Crippen molar-refractivity contribution in [3.05, 3.63) is 47.3 Å². The van der Waals surface area contributed by atoms with E-state index >= 15 is 0 Å². The SMILES string of the molecule is Cc1cn2c(cc(C)c3cc(C(=O)O)ccc32)n1. The summed E-state index contributed by atoms with van der Waals surface area (Å²) in [6.07, 6.45) is 1.96. The predicted octanol–water partition coefficient (Wildman–Crippen LogP) is 2.80. The minimum atomic E-state index is -0.904. The summed E-state index contributed by atoms with van der Waals surface area (Å²) in [6, 6.07) is 7.14. The largest absolute Gasteiger partial charge is 0.478 e. The van der Waals surface area contributed by atoms with Gasteiger partial charge >= 0.3 is 5.97 Å². The Bertz CT molecular complexity index is 787. The molecular formula is C14H12N2O2. The van der Waals surface area contributed by atoms with Crippen molar-refractivity contribution < 1.29 is 9.90 Å². The van der Waals surface area contributed by atoms with Crippen LogP contribution in [-0.2, 0) is 0 Å². The normalized spacial score (nSPS) is 11.2. The molecule has 3 aromatic rings. The lowest BCUT2D eigenvalue weighted by Crippen LogP contribution is -1.97. The molecule has 0 aliphatic heterocycles. The zero-order chi connectivity index (χ0) is 12.9. The number of rotatable bonds is 1. The molecule has 0 spiro atoms. The Kier molecular flexibility index (Phi) is 2.13. The fraction of sp³-hybridized carbons (Fsp3) is 0.143. The molecule has 0 amide bonds. The summed E-state index contributed by atoms with van der Waals surface area (Å²) in [4.78, 5) is 15.4. The van der Waals surface area contributed by atoms with E-state index in [2.05, 4.69) is 4.98 Å². The maximum Gasteiger partial charge on any atom is 0.335 e. The lowest BCUT2D eigenvalue weighted by atomic mass is 10.1. The third-order valence-electron chi connectivity index (χ3n) is 3.13. The van der Waals surface area contributed by atoms with E-state index < -0.39 is 5.97 Å². The molecule has 0 unspecified atom stereocenters. The molecule has 0 aliphatic carbocycles. The van der Waals surface area contributed by atoms with Gasteiger partial charge in [-0.05, 0) is 43.7 Å². The number of carboxylic acid groups (broad SMARTS) is 1.